The van der Waals surface area contributed by atoms with E-state index in [4.69, 9.17) is 4.42 Å². The fourth-order valence-corrected chi connectivity index (χ4v) is 3.14. The average Bonchev–Trinajstić information content (AvgIpc) is 3.00. The van der Waals surface area contributed by atoms with Gasteiger partial charge in [-0.05, 0) is 30.7 Å². The molecule has 0 radical (unpaired) electrons. The molecule has 1 aromatic heterocycles. The molecule has 1 aliphatic rings. The second-order valence-corrected chi connectivity index (χ2v) is 6.50. The molecule has 0 atom stereocenters. The highest BCUT2D eigenvalue weighted by Crippen LogP contribution is 2.25. The molecular formula is C13H13N3O4S. The summed E-state index contributed by atoms with van der Waals surface area (Å²) in [7, 11) is -3.67. The summed E-state index contributed by atoms with van der Waals surface area (Å²) in [6, 6.07) is 4.55. The molecule has 0 saturated heterocycles. The first-order valence-corrected chi connectivity index (χ1v) is 7.75. The van der Waals surface area contributed by atoms with E-state index in [0.29, 0.717) is 22.7 Å². The van der Waals surface area contributed by atoms with Gasteiger partial charge in [-0.2, -0.15) is 0 Å². The largest absolute Gasteiger partial charge is 0.447 e. The van der Waals surface area contributed by atoms with Gasteiger partial charge < -0.3 is 9.73 Å². The molecule has 0 saturated carbocycles. The van der Waals surface area contributed by atoms with Crippen molar-refractivity contribution in [3.05, 3.63) is 41.6 Å². The Morgan fingerprint density at radius 2 is 2.24 bits per heavy atom. The van der Waals surface area contributed by atoms with Crippen LogP contribution in [-0.2, 0) is 27.8 Å². The highest BCUT2D eigenvalue weighted by molar-refractivity contribution is 7.89. The summed E-state index contributed by atoms with van der Waals surface area (Å²) in [5.41, 5.74) is 1.98. The van der Waals surface area contributed by atoms with Crippen LogP contribution in [0.2, 0.25) is 0 Å². The zero-order valence-corrected chi connectivity index (χ0v) is 12.0. The minimum absolute atomic E-state index is 0.0302. The smallest absolute Gasteiger partial charge is 0.240 e. The first-order valence-electron chi connectivity index (χ1n) is 6.27. The summed E-state index contributed by atoms with van der Waals surface area (Å²) in [4.78, 5) is 15.3. The van der Waals surface area contributed by atoms with Gasteiger partial charge in [0.25, 0.3) is 0 Å². The summed E-state index contributed by atoms with van der Waals surface area (Å²) < 4.78 is 32.0. The van der Waals surface area contributed by atoms with E-state index in [1.165, 1.54) is 18.5 Å². The highest BCUT2D eigenvalue weighted by atomic mass is 32.2. The van der Waals surface area contributed by atoms with Crippen LogP contribution in [0.15, 0.2) is 33.9 Å². The van der Waals surface area contributed by atoms with Crippen molar-refractivity contribution in [2.24, 2.45) is 0 Å². The van der Waals surface area contributed by atoms with Crippen LogP contribution in [0, 0.1) is 6.92 Å². The number of oxazole rings is 1. The van der Waals surface area contributed by atoms with Gasteiger partial charge in [-0.3, -0.25) is 4.79 Å². The zero-order chi connectivity index (χ0) is 15.0. The topological polar surface area (TPSA) is 101 Å². The van der Waals surface area contributed by atoms with Gasteiger partial charge in [0.05, 0.1) is 23.6 Å². The third-order valence-corrected chi connectivity index (χ3v) is 4.68. The number of aromatic nitrogens is 1. The number of carbonyl (C=O) groups excluding carboxylic acids is 1. The first kappa shape index (κ1) is 13.8. The molecule has 2 heterocycles. The van der Waals surface area contributed by atoms with Gasteiger partial charge in [0.1, 0.15) is 5.76 Å². The zero-order valence-electron chi connectivity index (χ0n) is 11.2. The van der Waals surface area contributed by atoms with Gasteiger partial charge in [-0.1, -0.05) is 0 Å². The average molecular weight is 307 g/mol. The fraction of sp³-hybridized carbons (Fsp3) is 0.231. The van der Waals surface area contributed by atoms with E-state index >= 15 is 0 Å². The van der Waals surface area contributed by atoms with Crippen LogP contribution in [0.3, 0.4) is 0 Å². The van der Waals surface area contributed by atoms with E-state index in [1.54, 1.807) is 13.0 Å². The van der Waals surface area contributed by atoms with Crippen LogP contribution >= 0.6 is 0 Å². The normalized spacial score (nSPS) is 14.0. The SMILES string of the molecule is Cc1ncoc1CNS(=O)(=O)c1ccc2c(c1)CC(=O)N2. The molecule has 0 spiro atoms. The Hall–Kier alpha value is -2.19. The summed E-state index contributed by atoms with van der Waals surface area (Å²) in [6.45, 7) is 1.77. The third-order valence-electron chi connectivity index (χ3n) is 3.28. The molecule has 7 nitrogen and oxygen atoms in total. The lowest BCUT2D eigenvalue weighted by molar-refractivity contribution is -0.115. The second-order valence-electron chi connectivity index (χ2n) is 4.73. The van der Waals surface area contributed by atoms with Gasteiger partial charge >= 0.3 is 0 Å². The van der Waals surface area contributed by atoms with Gasteiger partial charge in [0, 0.05) is 5.69 Å². The molecule has 0 bridgehead atoms. The van der Waals surface area contributed by atoms with E-state index in [0.717, 1.165) is 0 Å². The predicted molar refractivity (Wildman–Crippen MR) is 74.0 cm³/mol. The lowest BCUT2D eigenvalue weighted by Gasteiger charge is -2.07. The summed E-state index contributed by atoms with van der Waals surface area (Å²) >= 11 is 0. The maximum Gasteiger partial charge on any atom is 0.240 e. The van der Waals surface area contributed by atoms with Gasteiger partial charge in [-0.15, -0.1) is 0 Å². The van der Waals surface area contributed by atoms with Crippen LogP contribution in [0.1, 0.15) is 17.0 Å². The number of hydrogen-bond acceptors (Lipinski definition) is 5. The van der Waals surface area contributed by atoms with Crippen molar-refractivity contribution in [2.45, 2.75) is 24.8 Å². The number of fused-ring (bicyclic) bond motifs is 1. The summed E-state index contributed by atoms with van der Waals surface area (Å²) in [5.74, 6) is 0.335. The van der Waals surface area contributed by atoms with Crippen LogP contribution in [0.4, 0.5) is 5.69 Å². The Balaban J connectivity index is 1.81. The van der Waals surface area contributed by atoms with E-state index in [1.807, 2.05) is 0 Å². The number of carbonyl (C=O) groups is 1. The van der Waals surface area contributed by atoms with E-state index in [2.05, 4.69) is 15.0 Å². The summed E-state index contributed by atoms with van der Waals surface area (Å²) in [6.07, 6.45) is 1.46. The molecule has 1 amide bonds. The number of rotatable bonds is 4. The standard InChI is InChI=1S/C13H13N3O4S/c1-8-12(20-7-14-8)6-15-21(18,19)10-2-3-11-9(4-10)5-13(17)16-11/h2-4,7,15H,5-6H2,1H3,(H,16,17). The van der Waals surface area contributed by atoms with Crippen LogP contribution in [0.25, 0.3) is 0 Å². The molecule has 1 aliphatic heterocycles. The van der Waals surface area contributed by atoms with E-state index < -0.39 is 10.0 Å². The molecule has 0 unspecified atom stereocenters. The van der Waals surface area contributed by atoms with Crippen molar-refractivity contribution in [3.63, 3.8) is 0 Å². The molecule has 2 aromatic rings. The Kier molecular flexibility index (Phi) is 3.26. The van der Waals surface area contributed by atoms with Gasteiger partial charge in [0.2, 0.25) is 15.9 Å². The number of aryl methyl sites for hydroxylation is 1. The van der Waals surface area contributed by atoms with Crippen molar-refractivity contribution in [1.29, 1.82) is 0 Å². The second kappa shape index (κ2) is 4.97. The van der Waals surface area contributed by atoms with Crippen LogP contribution < -0.4 is 10.0 Å². The van der Waals surface area contributed by atoms with Crippen molar-refractivity contribution in [1.82, 2.24) is 9.71 Å². The van der Waals surface area contributed by atoms with Crippen molar-refractivity contribution in [3.8, 4) is 0 Å². The lowest BCUT2D eigenvalue weighted by Crippen LogP contribution is -2.23. The highest BCUT2D eigenvalue weighted by Gasteiger charge is 2.22. The maximum absolute atomic E-state index is 12.2. The number of nitrogens with one attached hydrogen (secondary N) is 2. The molecule has 3 rings (SSSR count). The first-order chi connectivity index (χ1) is 9.95. The number of benzene rings is 1. The molecular weight excluding hydrogens is 294 g/mol. The minimum Gasteiger partial charge on any atom is -0.447 e. The maximum atomic E-state index is 12.2. The quantitative estimate of drug-likeness (QED) is 0.876. The number of sulfonamides is 1. The Morgan fingerprint density at radius 3 is 2.95 bits per heavy atom. The van der Waals surface area contributed by atoms with E-state index in [-0.39, 0.29) is 23.8 Å². The molecule has 1 aromatic carbocycles. The monoisotopic (exact) mass is 307 g/mol. The molecule has 21 heavy (non-hydrogen) atoms. The van der Waals surface area contributed by atoms with Crippen LogP contribution in [0.5, 0.6) is 0 Å². The van der Waals surface area contributed by atoms with Crippen molar-refractivity contribution >= 4 is 21.6 Å². The Morgan fingerprint density at radius 1 is 1.43 bits per heavy atom. The number of anilines is 1. The Labute approximate surface area is 121 Å². The van der Waals surface area contributed by atoms with Crippen molar-refractivity contribution < 1.29 is 17.6 Å². The molecule has 110 valence electrons. The number of nitrogens with zero attached hydrogens (tertiary/aromatic N) is 1. The molecule has 0 aliphatic carbocycles. The molecule has 0 fully saturated rings. The lowest BCUT2D eigenvalue weighted by atomic mass is 10.2. The fourth-order valence-electron chi connectivity index (χ4n) is 2.11. The Bertz CT molecular complexity index is 811. The number of amides is 1. The van der Waals surface area contributed by atoms with E-state index in [9.17, 15) is 13.2 Å². The predicted octanol–water partition coefficient (Wildman–Crippen LogP) is 0.956. The van der Waals surface area contributed by atoms with Crippen LogP contribution in [-0.4, -0.2) is 19.3 Å². The molecule has 8 heteroatoms. The third kappa shape index (κ3) is 2.67. The van der Waals surface area contributed by atoms with Crippen molar-refractivity contribution in [2.75, 3.05) is 5.32 Å². The van der Waals surface area contributed by atoms with Gasteiger partial charge in [-0.25, -0.2) is 18.1 Å². The van der Waals surface area contributed by atoms with Gasteiger partial charge in [0.15, 0.2) is 6.39 Å². The molecule has 2 N–H and O–H groups in total. The number of hydrogen-bond donors (Lipinski definition) is 2. The minimum atomic E-state index is -3.67. The summed E-state index contributed by atoms with van der Waals surface area (Å²) in [5, 5.41) is 2.66.